The van der Waals surface area contributed by atoms with E-state index in [1.54, 1.807) is 29.7 Å². The molecule has 1 spiro atoms. The lowest BCUT2D eigenvalue weighted by molar-refractivity contribution is -0.154. The number of ether oxygens (including phenoxy) is 1. The first-order valence-corrected chi connectivity index (χ1v) is 13.7. The smallest absolute Gasteiger partial charge is 0.310 e. The van der Waals surface area contributed by atoms with Crippen molar-refractivity contribution >= 4 is 29.5 Å². The number of aliphatic hydroxyl groups excluding tert-OH is 1. The maximum absolute atomic E-state index is 14.4. The van der Waals surface area contributed by atoms with Crippen molar-refractivity contribution in [2.75, 3.05) is 19.8 Å². The molecule has 3 heterocycles. The predicted octanol–water partition coefficient (Wildman–Crippen LogP) is 3.11. The Bertz CT molecular complexity index is 804. The van der Waals surface area contributed by atoms with E-state index in [-0.39, 0.29) is 54.1 Å². The van der Waals surface area contributed by atoms with Crippen LogP contribution in [0.4, 0.5) is 0 Å². The van der Waals surface area contributed by atoms with Gasteiger partial charge in [-0.05, 0) is 38.5 Å². The van der Waals surface area contributed by atoms with E-state index in [1.807, 2.05) is 25.7 Å². The molecule has 3 aliphatic rings. The second kappa shape index (κ2) is 10.6. The van der Waals surface area contributed by atoms with Crippen LogP contribution in [0.1, 0.15) is 60.8 Å². The quantitative estimate of drug-likeness (QED) is 0.351. The fraction of sp³-hybridized carbons (Fsp3) is 0.808. The molecule has 1 N–H and O–H groups in total. The molecular weight excluding hydrogens is 452 g/mol. The van der Waals surface area contributed by atoms with Crippen LogP contribution in [0, 0.1) is 23.7 Å². The summed E-state index contributed by atoms with van der Waals surface area (Å²) in [6.45, 7) is 16.2. The number of likely N-dealkylation sites (tertiary alicyclic amines) is 1. The molecule has 8 heteroatoms. The minimum atomic E-state index is -0.728. The largest absolute Gasteiger partial charge is 0.466 e. The first-order valence-electron chi connectivity index (χ1n) is 12.8. The summed E-state index contributed by atoms with van der Waals surface area (Å²) in [6.07, 6.45) is 4.29. The molecule has 0 saturated carbocycles. The molecule has 0 aromatic carbocycles. The number of carbonyl (C=O) groups excluding carboxylic acids is 3. The van der Waals surface area contributed by atoms with Crippen LogP contribution in [0.25, 0.3) is 0 Å². The molecule has 3 rings (SSSR count). The molecule has 3 aliphatic heterocycles. The van der Waals surface area contributed by atoms with E-state index in [1.165, 1.54) is 0 Å². The van der Waals surface area contributed by atoms with Gasteiger partial charge in [0, 0.05) is 17.8 Å². The number of nitrogens with zero attached hydrogens (tertiary/aromatic N) is 2. The number of amides is 2. The Morgan fingerprint density at radius 2 is 2.03 bits per heavy atom. The summed E-state index contributed by atoms with van der Waals surface area (Å²) in [5.41, 5.74) is 0. The summed E-state index contributed by atoms with van der Waals surface area (Å²) in [7, 11) is 0. The summed E-state index contributed by atoms with van der Waals surface area (Å²) in [4.78, 5) is 45.1. The molecule has 0 aliphatic carbocycles. The lowest BCUT2D eigenvalue weighted by atomic mass is 9.66. The van der Waals surface area contributed by atoms with Crippen LogP contribution in [0.15, 0.2) is 12.7 Å². The molecule has 0 radical (unpaired) electrons. The minimum Gasteiger partial charge on any atom is -0.466 e. The van der Waals surface area contributed by atoms with E-state index in [9.17, 15) is 19.5 Å². The van der Waals surface area contributed by atoms with Crippen molar-refractivity contribution in [2.24, 2.45) is 23.7 Å². The van der Waals surface area contributed by atoms with Crippen LogP contribution >= 0.6 is 11.8 Å². The summed E-state index contributed by atoms with van der Waals surface area (Å²) >= 11 is 1.65. The highest BCUT2D eigenvalue weighted by Gasteiger charge is 2.77. The maximum Gasteiger partial charge on any atom is 0.310 e. The van der Waals surface area contributed by atoms with Gasteiger partial charge in [-0.15, -0.1) is 18.3 Å². The summed E-state index contributed by atoms with van der Waals surface area (Å²) in [6, 6.07) is -1.23. The Morgan fingerprint density at radius 1 is 1.35 bits per heavy atom. The average molecular weight is 495 g/mol. The van der Waals surface area contributed by atoms with Gasteiger partial charge in [-0.25, -0.2) is 0 Å². The predicted molar refractivity (Wildman–Crippen MR) is 134 cm³/mol. The van der Waals surface area contributed by atoms with Crippen LogP contribution in [0.5, 0.6) is 0 Å². The second-order valence-corrected chi connectivity index (χ2v) is 12.0. The van der Waals surface area contributed by atoms with Gasteiger partial charge in [-0.2, -0.15) is 0 Å². The van der Waals surface area contributed by atoms with Crippen molar-refractivity contribution < 1.29 is 24.2 Å². The molecule has 34 heavy (non-hydrogen) atoms. The summed E-state index contributed by atoms with van der Waals surface area (Å²) in [5.74, 6) is -1.75. The van der Waals surface area contributed by atoms with Gasteiger partial charge >= 0.3 is 5.97 Å². The normalized spacial score (nSPS) is 33.7. The van der Waals surface area contributed by atoms with Crippen molar-refractivity contribution in [3.05, 3.63) is 12.7 Å². The zero-order valence-corrected chi connectivity index (χ0v) is 22.3. The van der Waals surface area contributed by atoms with Crippen LogP contribution in [0.3, 0.4) is 0 Å². The lowest BCUT2D eigenvalue weighted by Crippen LogP contribution is -2.61. The molecule has 3 fully saturated rings. The third kappa shape index (κ3) is 4.08. The zero-order valence-electron chi connectivity index (χ0n) is 21.5. The number of thioether (sulfide) groups is 1. The van der Waals surface area contributed by atoms with Crippen molar-refractivity contribution in [1.82, 2.24) is 9.80 Å². The molecule has 0 aromatic heterocycles. The number of fused-ring (bicyclic) bond motifs is 1. The van der Waals surface area contributed by atoms with Gasteiger partial charge in [0.15, 0.2) is 0 Å². The minimum absolute atomic E-state index is 0.00529. The van der Waals surface area contributed by atoms with Gasteiger partial charge in [0.25, 0.3) is 0 Å². The molecule has 2 amide bonds. The van der Waals surface area contributed by atoms with Crippen LogP contribution in [0.2, 0.25) is 0 Å². The number of carbonyl (C=O) groups is 3. The van der Waals surface area contributed by atoms with E-state index in [0.717, 1.165) is 19.3 Å². The Balaban J connectivity index is 2.15. The Hall–Kier alpha value is -1.54. The highest BCUT2D eigenvalue weighted by molar-refractivity contribution is 8.02. The molecule has 192 valence electrons. The van der Waals surface area contributed by atoms with Crippen molar-refractivity contribution in [3.63, 3.8) is 0 Å². The summed E-state index contributed by atoms with van der Waals surface area (Å²) < 4.78 is 4.70. The van der Waals surface area contributed by atoms with Gasteiger partial charge in [0.2, 0.25) is 11.8 Å². The van der Waals surface area contributed by atoms with Gasteiger partial charge in [0.1, 0.15) is 6.04 Å². The molecule has 3 saturated heterocycles. The second-order valence-electron chi connectivity index (χ2n) is 10.5. The number of rotatable bonds is 11. The van der Waals surface area contributed by atoms with Crippen molar-refractivity contribution in [1.29, 1.82) is 0 Å². The van der Waals surface area contributed by atoms with Gasteiger partial charge in [-0.1, -0.05) is 40.2 Å². The SMILES string of the molecule is C=CCN(C(=O)C1N([C@@H](CO)C(C)C)C(=O)[C@@H]2[C@H](C(=O)OCC)[C@@H]3CC(C)C12S3)C(C)CCC. The fourth-order valence-electron chi connectivity index (χ4n) is 6.58. The third-order valence-corrected chi connectivity index (χ3v) is 10.2. The molecule has 0 aromatic rings. The van der Waals surface area contributed by atoms with Crippen molar-refractivity contribution in [3.8, 4) is 0 Å². The first kappa shape index (κ1) is 27.1. The highest BCUT2D eigenvalue weighted by atomic mass is 32.2. The fourth-order valence-corrected chi connectivity index (χ4v) is 8.97. The monoisotopic (exact) mass is 494 g/mol. The van der Waals surface area contributed by atoms with Crippen LogP contribution in [-0.4, -0.2) is 80.6 Å². The first-order chi connectivity index (χ1) is 16.1. The topological polar surface area (TPSA) is 87.2 Å². The van der Waals surface area contributed by atoms with Gasteiger partial charge < -0.3 is 19.6 Å². The lowest BCUT2D eigenvalue weighted by Gasteiger charge is -2.43. The van der Waals surface area contributed by atoms with E-state index >= 15 is 0 Å². The third-order valence-electron chi connectivity index (χ3n) is 8.14. The standard InChI is InChI=1S/C26H42N2O5S/c1-8-11-17(7)27(12-9-2)24(31)22-26-16(6)13-19(34-26)20(25(32)33-10-3)21(26)23(30)28(22)18(14-29)15(4)5/h9,15-22,29H,2,8,10-14H2,1,3-7H3/t16?,17?,18-,19-,20+,21-,22?,26?/m0/s1. The van der Waals surface area contributed by atoms with E-state index in [0.29, 0.717) is 6.54 Å². The molecule has 7 nitrogen and oxygen atoms in total. The zero-order chi connectivity index (χ0) is 25.4. The Kier molecular flexibility index (Phi) is 8.44. The molecule has 4 unspecified atom stereocenters. The number of aliphatic hydroxyl groups is 1. The molecule has 2 bridgehead atoms. The average Bonchev–Trinajstić information content (AvgIpc) is 3.36. The Morgan fingerprint density at radius 3 is 2.56 bits per heavy atom. The van der Waals surface area contributed by atoms with Gasteiger partial charge in [-0.3, -0.25) is 14.4 Å². The van der Waals surface area contributed by atoms with Gasteiger partial charge in [0.05, 0.1) is 35.8 Å². The van der Waals surface area contributed by atoms with E-state index in [2.05, 4.69) is 20.4 Å². The van der Waals surface area contributed by atoms with Crippen molar-refractivity contribution in [2.45, 2.75) is 88.9 Å². The molecular formula is C26H42N2O5S. The van der Waals surface area contributed by atoms with Crippen LogP contribution < -0.4 is 0 Å². The Labute approximate surface area is 208 Å². The number of hydrogen-bond acceptors (Lipinski definition) is 6. The molecule has 8 atom stereocenters. The number of hydrogen-bond donors (Lipinski definition) is 1. The van der Waals surface area contributed by atoms with Crippen LogP contribution in [-0.2, 0) is 19.1 Å². The van der Waals surface area contributed by atoms with E-state index in [4.69, 9.17) is 4.74 Å². The maximum atomic E-state index is 14.4. The highest BCUT2D eigenvalue weighted by Crippen LogP contribution is 2.69. The summed E-state index contributed by atoms with van der Waals surface area (Å²) in [5, 5.41) is 10.3. The number of esters is 1. The van der Waals surface area contributed by atoms with E-state index < -0.39 is 28.7 Å².